The number of nitrogens with two attached hydrogens (primary N) is 1. The lowest BCUT2D eigenvalue weighted by atomic mass is 9.82. The highest BCUT2D eigenvalue weighted by atomic mass is 16.2. The van der Waals surface area contributed by atoms with E-state index in [1.165, 1.54) is 5.56 Å². The van der Waals surface area contributed by atoms with E-state index in [9.17, 15) is 9.59 Å². The summed E-state index contributed by atoms with van der Waals surface area (Å²) in [6.45, 7) is 0. The number of amides is 2. The van der Waals surface area contributed by atoms with Crippen LogP contribution in [0.25, 0.3) is 0 Å². The summed E-state index contributed by atoms with van der Waals surface area (Å²) < 4.78 is 0. The van der Waals surface area contributed by atoms with Crippen molar-refractivity contribution in [3.05, 3.63) is 65.2 Å². The average Bonchev–Trinajstić information content (AvgIpc) is 2.54. The van der Waals surface area contributed by atoms with E-state index in [1.807, 2.05) is 18.2 Å². The van der Waals surface area contributed by atoms with Gasteiger partial charge in [-0.3, -0.25) is 9.59 Å². The van der Waals surface area contributed by atoms with Crippen molar-refractivity contribution >= 4 is 17.5 Å². The molecule has 22 heavy (non-hydrogen) atoms. The number of rotatable bonds is 3. The second-order valence-corrected chi connectivity index (χ2v) is 5.54. The smallest absolute Gasteiger partial charge is 0.250 e. The van der Waals surface area contributed by atoms with Crippen molar-refractivity contribution in [1.82, 2.24) is 0 Å². The second kappa shape index (κ2) is 6.02. The predicted molar refractivity (Wildman–Crippen MR) is 85.7 cm³/mol. The first-order chi connectivity index (χ1) is 10.7. The summed E-state index contributed by atoms with van der Waals surface area (Å²) in [6, 6.07) is 14.9. The van der Waals surface area contributed by atoms with Crippen LogP contribution in [0.4, 0.5) is 5.69 Å². The molecule has 1 atom stereocenters. The summed E-state index contributed by atoms with van der Waals surface area (Å²) in [6.07, 6.45) is 2.83. The molecular weight excluding hydrogens is 276 g/mol. The van der Waals surface area contributed by atoms with Crippen LogP contribution in [-0.4, -0.2) is 11.8 Å². The van der Waals surface area contributed by atoms with E-state index in [1.54, 1.807) is 24.3 Å². The minimum Gasteiger partial charge on any atom is -0.366 e. The Morgan fingerprint density at radius 1 is 1.05 bits per heavy atom. The molecule has 0 aromatic heterocycles. The third kappa shape index (κ3) is 2.72. The highest BCUT2D eigenvalue weighted by molar-refractivity contribution is 6.04. The number of benzene rings is 2. The Labute approximate surface area is 129 Å². The van der Waals surface area contributed by atoms with E-state index in [0.717, 1.165) is 24.8 Å². The Balaban J connectivity index is 1.86. The Bertz CT molecular complexity index is 725. The molecule has 0 fully saturated rings. The van der Waals surface area contributed by atoms with Gasteiger partial charge in [-0.1, -0.05) is 36.4 Å². The first kappa shape index (κ1) is 14.3. The SMILES string of the molecule is NC(=O)c1ccccc1NC(=O)C1CCCc2ccccc21. The lowest BCUT2D eigenvalue weighted by Crippen LogP contribution is -2.26. The number of nitrogens with one attached hydrogen (secondary N) is 1. The van der Waals surface area contributed by atoms with Gasteiger partial charge in [-0.2, -0.15) is 0 Å². The van der Waals surface area contributed by atoms with Crippen LogP contribution < -0.4 is 11.1 Å². The van der Waals surface area contributed by atoms with E-state index in [0.29, 0.717) is 11.3 Å². The van der Waals surface area contributed by atoms with Crippen LogP contribution in [0.15, 0.2) is 48.5 Å². The Kier molecular flexibility index (Phi) is 3.92. The van der Waals surface area contributed by atoms with Gasteiger partial charge in [0.25, 0.3) is 5.91 Å². The van der Waals surface area contributed by atoms with Crippen LogP contribution in [0.1, 0.15) is 40.2 Å². The molecular formula is C18H18N2O2. The van der Waals surface area contributed by atoms with Gasteiger partial charge in [-0.25, -0.2) is 0 Å². The molecule has 3 N–H and O–H groups in total. The van der Waals surface area contributed by atoms with Crippen molar-refractivity contribution in [1.29, 1.82) is 0 Å². The zero-order valence-corrected chi connectivity index (χ0v) is 12.2. The van der Waals surface area contributed by atoms with Gasteiger partial charge in [-0.05, 0) is 42.5 Å². The summed E-state index contributed by atoms with van der Waals surface area (Å²) in [5.41, 5.74) is 8.48. The van der Waals surface area contributed by atoms with Crippen LogP contribution in [-0.2, 0) is 11.2 Å². The van der Waals surface area contributed by atoms with Crippen molar-refractivity contribution in [3.8, 4) is 0 Å². The highest BCUT2D eigenvalue weighted by Gasteiger charge is 2.26. The maximum Gasteiger partial charge on any atom is 0.250 e. The largest absolute Gasteiger partial charge is 0.366 e. The molecule has 0 saturated heterocycles. The quantitative estimate of drug-likeness (QED) is 0.913. The van der Waals surface area contributed by atoms with Gasteiger partial charge in [0.05, 0.1) is 17.2 Å². The molecule has 1 aliphatic rings. The molecule has 4 nitrogen and oxygen atoms in total. The van der Waals surface area contributed by atoms with Gasteiger partial charge in [0.15, 0.2) is 0 Å². The first-order valence-electron chi connectivity index (χ1n) is 7.44. The molecule has 2 aromatic carbocycles. The van der Waals surface area contributed by atoms with E-state index in [-0.39, 0.29) is 11.8 Å². The van der Waals surface area contributed by atoms with E-state index >= 15 is 0 Å². The third-order valence-corrected chi connectivity index (χ3v) is 4.14. The molecule has 1 unspecified atom stereocenters. The van der Waals surface area contributed by atoms with Crippen LogP contribution in [0.3, 0.4) is 0 Å². The maximum atomic E-state index is 12.6. The average molecular weight is 294 g/mol. The zero-order chi connectivity index (χ0) is 15.5. The molecule has 3 rings (SSSR count). The van der Waals surface area contributed by atoms with E-state index < -0.39 is 5.91 Å². The Hall–Kier alpha value is -2.62. The van der Waals surface area contributed by atoms with Crippen LogP contribution in [0.2, 0.25) is 0 Å². The fourth-order valence-electron chi connectivity index (χ4n) is 3.05. The summed E-state index contributed by atoms with van der Waals surface area (Å²) in [7, 11) is 0. The summed E-state index contributed by atoms with van der Waals surface area (Å²) >= 11 is 0. The van der Waals surface area contributed by atoms with E-state index in [4.69, 9.17) is 5.73 Å². The van der Waals surface area contributed by atoms with Crippen molar-refractivity contribution in [2.75, 3.05) is 5.32 Å². The molecule has 0 saturated carbocycles. The van der Waals surface area contributed by atoms with Crippen molar-refractivity contribution in [2.45, 2.75) is 25.2 Å². The van der Waals surface area contributed by atoms with Crippen molar-refractivity contribution in [3.63, 3.8) is 0 Å². The van der Waals surface area contributed by atoms with Crippen LogP contribution in [0.5, 0.6) is 0 Å². The Morgan fingerprint density at radius 2 is 1.77 bits per heavy atom. The van der Waals surface area contributed by atoms with Gasteiger partial charge >= 0.3 is 0 Å². The summed E-state index contributed by atoms with van der Waals surface area (Å²) in [5, 5.41) is 2.86. The van der Waals surface area contributed by atoms with Crippen LogP contribution in [0, 0.1) is 0 Å². The number of hydrogen-bond donors (Lipinski definition) is 2. The van der Waals surface area contributed by atoms with E-state index in [2.05, 4.69) is 11.4 Å². The molecule has 0 heterocycles. The van der Waals surface area contributed by atoms with Gasteiger partial charge in [0, 0.05) is 0 Å². The lowest BCUT2D eigenvalue weighted by Gasteiger charge is -2.25. The highest BCUT2D eigenvalue weighted by Crippen LogP contribution is 2.32. The molecule has 0 radical (unpaired) electrons. The number of carbonyl (C=O) groups is 2. The summed E-state index contributed by atoms with van der Waals surface area (Å²) in [4.78, 5) is 24.1. The van der Waals surface area contributed by atoms with Gasteiger partial charge in [0.1, 0.15) is 0 Å². The molecule has 0 aliphatic heterocycles. The van der Waals surface area contributed by atoms with Gasteiger partial charge < -0.3 is 11.1 Å². The number of primary amides is 1. The number of carbonyl (C=O) groups excluding carboxylic acids is 2. The van der Waals surface area contributed by atoms with Gasteiger partial charge in [0.2, 0.25) is 5.91 Å². The molecule has 2 aromatic rings. The molecule has 112 valence electrons. The monoisotopic (exact) mass is 294 g/mol. The second-order valence-electron chi connectivity index (χ2n) is 5.54. The normalized spacial score (nSPS) is 16.6. The maximum absolute atomic E-state index is 12.6. The summed E-state index contributed by atoms with van der Waals surface area (Å²) in [5.74, 6) is -0.799. The molecule has 2 amide bonds. The van der Waals surface area contributed by atoms with Gasteiger partial charge in [-0.15, -0.1) is 0 Å². The minimum atomic E-state index is -0.542. The van der Waals surface area contributed by atoms with Crippen molar-refractivity contribution < 1.29 is 9.59 Å². The molecule has 0 bridgehead atoms. The number of para-hydroxylation sites is 1. The number of anilines is 1. The van der Waals surface area contributed by atoms with Crippen molar-refractivity contribution in [2.24, 2.45) is 5.73 Å². The zero-order valence-electron chi connectivity index (χ0n) is 12.2. The fourth-order valence-corrected chi connectivity index (χ4v) is 3.05. The predicted octanol–water partition coefficient (Wildman–Crippen LogP) is 2.84. The Morgan fingerprint density at radius 3 is 2.59 bits per heavy atom. The molecule has 4 heteroatoms. The fraction of sp³-hybridized carbons (Fsp3) is 0.222. The number of hydrogen-bond acceptors (Lipinski definition) is 2. The molecule has 1 aliphatic carbocycles. The lowest BCUT2D eigenvalue weighted by molar-refractivity contribution is -0.117. The minimum absolute atomic E-state index is 0.0825. The van der Waals surface area contributed by atoms with Crippen LogP contribution >= 0.6 is 0 Å². The topological polar surface area (TPSA) is 72.2 Å². The number of aryl methyl sites for hydroxylation is 1. The molecule has 0 spiro atoms. The first-order valence-corrected chi connectivity index (χ1v) is 7.44. The standard InChI is InChI=1S/C18H18N2O2/c19-17(21)15-9-3-4-11-16(15)20-18(22)14-10-5-7-12-6-1-2-8-13(12)14/h1-4,6,8-9,11,14H,5,7,10H2,(H2,19,21)(H,20,22). The number of fused-ring (bicyclic) bond motifs is 1. The third-order valence-electron chi connectivity index (χ3n) is 4.14.